The summed E-state index contributed by atoms with van der Waals surface area (Å²) in [5.41, 5.74) is 4.68. The Labute approximate surface area is 184 Å². The molecule has 0 radical (unpaired) electrons. The molecule has 0 spiro atoms. The van der Waals surface area contributed by atoms with Crippen LogP contribution in [0.3, 0.4) is 0 Å². The zero-order chi connectivity index (χ0) is 20.6. The second-order valence-electron chi connectivity index (χ2n) is 7.45. The van der Waals surface area contributed by atoms with Gasteiger partial charge >= 0.3 is 0 Å². The van der Waals surface area contributed by atoms with Gasteiger partial charge in [-0.2, -0.15) is 0 Å². The molecule has 1 aromatic heterocycles. The van der Waals surface area contributed by atoms with E-state index >= 15 is 0 Å². The van der Waals surface area contributed by atoms with Crippen LogP contribution in [0, 0.1) is 13.8 Å². The first-order valence-electron chi connectivity index (χ1n) is 9.63. The van der Waals surface area contributed by atoms with E-state index in [2.05, 4.69) is 58.3 Å². The van der Waals surface area contributed by atoms with Gasteiger partial charge in [0.25, 0.3) is 0 Å². The van der Waals surface area contributed by atoms with Gasteiger partial charge in [0, 0.05) is 28.5 Å². The predicted molar refractivity (Wildman–Crippen MR) is 124 cm³/mol. The van der Waals surface area contributed by atoms with Crippen molar-refractivity contribution in [2.45, 2.75) is 36.8 Å². The van der Waals surface area contributed by atoms with Gasteiger partial charge in [0.15, 0.2) is 15.0 Å². The molecule has 0 N–H and O–H groups in total. The molecule has 152 valence electrons. The molecule has 0 amide bonds. The highest BCUT2D eigenvalue weighted by atomic mass is 79.9. The Morgan fingerprint density at radius 2 is 1.76 bits per heavy atom. The number of rotatable bonds is 4. The van der Waals surface area contributed by atoms with Gasteiger partial charge in [-0.3, -0.25) is 0 Å². The van der Waals surface area contributed by atoms with Crippen molar-refractivity contribution in [3.63, 3.8) is 0 Å². The maximum Gasteiger partial charge on any atom is 0.185 e. The van der Waals surface area contributed by atoms with Gasteiger partial charge in [-0.05, 0) is 62.1 Å². The van der Waals surface area contributed by atoms with Crippen molar-refractivity contribution < 1.29 is 8.42 Å². The number of aromatic nitrogens is 1. The highest BCUT2D eigenvalue weighted by Gasteiger charge is 2.32. The molecule has 0 saturated carbocycles. The lowest BCUT2D eigenvalue weighted by Crippen LogP contribution is -2.39. The van der Waals surface area contributed by atoms with Gasteiger partial charge in [0.05, 0.1) is 15.8 Å². The highest BCUT2D eigenvalue weighted by molar-refractivity contribution is 9.10. The van der Waals surface area contributed by atoms with Crippen LogP contribution in [0.2, 0.25) is 0 Å². The summed E-state index contributed by atoms with van der Waals surface area (Å²) in [4.78, 5) is 7.47. The molecule has 2 heterocycles. The summed E-state index contributed by atoms with van der Waals surface area (Å²) in [7, 11) is -3.30. The van der Waals surface area contributed by atoms with E-state index in [1.54, 1.807) is 35.6 Å². The molecule has 1 fully saturated rings. The van der Waals surface area contributed by atoms with Crippen molar-refractivity contribution in [2.75, 3.05) is 18.0 Å². The van der Waals surface area contributed by atoms with E-state index in [4.69, 9.17) is 4.98 Å². The molecular weight excluding hydrogens is 468 g/mol. The van der Waals surface area contributed by atoms with Crippen LogP contribution in [-0.4, -0.2) is 31.7 Å². The van der Waals surface area contributed by atoms with Crippen LogP contribution in [0.1, 0.15) is 24.0 Å². The van der Waals surface area contributed by atoms with Crippen LogP contribution in [0.15, 0.2) is 57.2 Å². The van der Waals surface area contributed by atoms with E-state index in [1.807, 2.05) is 0 Å². The number of nitrogens with zero attached hydrogens (tertiary/aromatic N) is 2. The number of sulfone groups is 1. The fourth-order valence-electron chi connectivity index (χ4n) is 3.74. The van der Waals surface area contributed by atoms with E-state index in [1.165, 1.54) is 16.7 Å². The molecule has 7 heteroatoms. The molecule has 4 nitrogen and oxygen atoms in total. The molecule has 0 bridgehead atoms. The molecule has 2 aromatic carbocycles. The van der Waals surface area contributed by atoms with Crippen LogP contribution in [0.25, 0.3) is 11.3 Å². The van der Waals surface area contributed by atoms with Crippen molar-refractivity contribution in [2.24, 2.45) is 0 Å². The number of hydrogen-bond acceptors (Lipinski definition) is 5. The smallest absolute Gasteiger partial charge is 0.185 e. The van der Waals surface area contributed by atoms with Crippen LogP contribution < -0.4 is 4.90 Å². The van der Waals surface area contributed by atoms with Crippen LogP contribution in [0.4, 0.5) is 5.13 Å². The molecule has 29 heavy (non-hydrogen) atoms. The van der Waals surface area contributed by atoms with Crippen LogP contribution in [0.5, 0.6) is 0 Å². The van der Waals surface area contributed by atoms with Crippen molar-refractivity contribution in [1.82, 2.24) is 4.98 Å². The second-order valence-corrected chi connectivity index (χ2v) is 11.4. The maximum atomic E-state index is 13.0. The third-order valence-corrected chi connectivity index (χ3v) is 9.37. The molecule has 0 unspecified atom stereocenters. The first kappa shape index (κ1) is 20.6. The van der Waals surface area contributed by atoms with Gasteiger partial charge < -0.3 is 4.90 Å². The number of aryl methyl sites for hydroxylation is 1. The maximum absolute atomic E-state index is 13.0. The third kappa shape index (κ3) is 4.13. The Morgan fingerprint density at radius 1 is 1.07 bits per heavy atom. The lowest BCUT2D eigenvalue weighted by atomic mass is 10.0. The standard InChI is InChI=1S/C22H23BrN2O2S2/c1-15-4-3-5-20(16(15)2)21-14-28-22(24-21)25-12-10-19(11-13-25)29(26,27)18-8-6-17(23)7-9-18/h3-9,14,19H,10-13H2,1-2H3. The fraction of sp³-hybridized carbons (Fsp3) is 0.318. The van der Waals surface area contributed by atoms with E-state index in [0.29, 0.717) is 30.8 Å². The Hall–Kier alpha value is -1.70. The lowest BCUT2D eigenvalue weighted by Gasteiger charge is -2.31. The van der Waals surface area contributed by atoms with Crippen molar-refractivity contribution in [1.29, 1.82) is 0 Å². The third-order valence-electron chi connectivity index (χ3n) is 5.67. The average molecular weight is 491 g/mol. The summed E-state index contributed by atoms with van der Waals surface area (Å²) in [6.07, 6.45) is 1.24. The minimum absolute atomic E-state index is 0.335. The van der Waals surface area contributed by atoms with E-state index in [9.17, 15) is 8.42 Å². The van der Waals surface area contributed by atoms with Crippen LogP contribution >= 0.6 is 27.3 Å². The zero-order valence-corrected chi connectivity index (χ0v) is 19.6. The summed E-state index contributed by atoms with van der Waals surface area (Å²) in [5.74, 6) is 0. The van der Waals surface area contributed by atoms with Crippen LogP contribution in [-0.2, 0) is 9.84 Å². The summed E-state index contributed by atoms with van der Waals surface area (Å²) in [6.45, 7) is 5.66. The number of halogens is 1. The molecule has 4 rings (SSSR count). The van der Waals surface area contributed by atoms with Crippen molar-refractivity contribution in [3.8, 4) is 11.3 Å². The van der Waals surface area contributed by atoms with Gasteiger partial charge in [-0.15, -0.1) is 11.3 Å². The monoisotopic (exact) mass is 490 g/mol. The zero-order valence-electron chi connectivity index (χ0n) is 16.4. The van der Waals surface area contributed by atoms with E-state index in [0.717, 1.165) is 15.3 Å². The van der Waals surface area contributed by atoms with E-state index in [-0.39, 0.29) is 5.25 Å². The Morgan fingerprint density at radius 3 is 2.45 bits per heavy atom. The summed E-state index contributed by atoms with van der Waals surface area (Å²) >= 11 is 4.99. The summed E-state index contributed by atoms with van der Waals surface area (Å²) in [5, 5.41) is 2.74. The molecular formula is C22H23BrN2O2S2. The highest BCUT2D eigenvalue weighted by Crippen LogP contribution is 2.33. The Kier molecular flexibility index (Phi) is 5.82. The molecule has 1 saturated heterocycles. The molecule has 1 aliphatic rings. The summed E-state index contributed by atoms with van der Waals surface area (Å²) < 4.78 is 26.8. The van der Waals surface area contributed by atoms with Crippen molar-refractivity contribution in [3.05, 3.63) is 63.4 Å². The molecule has 0 aliphatic carbocycles. The first-order chi connectivity index (χ1) is 13.9. The molecule has 1 aliphatic heterocycles. The Bertz CT molecular complexity index is 1120. The predicted octanol–water partition coefficient (Wildman–Crippen LogP) is 5.63. The quantitative estimate of drug-likeness (QED) is 0.475. The van der Waals surface area contributed by atoms with Gasteiger partial charge in [-0.25, -0.2) is 13.4 Å². The van der Waals surface area contributed by atoms with Gasteiger partial charge in [0.1, 0.15) is 0 Å². The normalized spacial score (nSPS) is 15.6. The number of hydrogen-bond donors (Lipinski definition) is 0. The minimum Gasteiger partial charge on any atom is -0.348 e. The Balaban J connectivity index is 1.47. The number of anilines is 1. The summed E-state index contributed by atoms with van der Waals surface area (Å²) in [6, 6.07) is 13.2. The SMILES string of the molecule is Cc1cccc(-c2csc(N3CCC(S(=O)(=O)c4ccc(Br)cc4)CC3)n2)c1C. The minimum atomic E-state index is -3.30. The van der Waals surface area contributed by atoms with E-state index < -0.39 is 9.84 Å². The first-order valence-corrected chi connectivity index (χ1v) is 12.8. The topological polar surface area (TPSA) is 50.3 Å². The second kappa shape index (κ2) is 8.20. The molecule has 3 aromatic rings. The number of benzene rings is 2. The largest absolute Gasteiger partial charge is 0.348 e. The van der Waals surface area contributed by atoms with Crippen molar-refractivity contribution >= 4 is 42.2 Å². The average Bonchev–Trinajstić information content (AvgIpc) is 3.20. The fourth-order valence-corrected chi connectivity index (χ4v) is 6.61. The molecule has 0 atom stereocenters. The van der Waals surface area contributed by atoms with Gasteiger partial charge in [-0.1, -0.05) is 34.1 Å². The number of thiazole rings is 1. The van der Waals surface area contributed by atoms with Gasteiger partial charge in [0.2, 0.25) is 0 Å². The number of piperidine rings is 1. The lowest BCUT2D eigenvalue weighted by molar-refractivity contribution is 0.529.